The Balaban J connectivity index is 1.62. The normalized spacial score (nSPS) is 32.0. The van der Waals surface area contributed by atoms with Crippen LogP contribution in [-0.4, -0.2) is 4.92 Å². The quantitative estimate of drug-likeness (QED) is 0.617. The predicted octanol–water partition coefficient (Wildman–Crippen LogP) is 5.03. The lowest BCUT2D eigenvalue weighted by Gasteiger charge is -2.43. The van der Waals surface area contributed by atoms with Crippen molar-refractivity contribution in [3.63, 3.8) is 0 Å². The third-order valence-corrected chi connectivity index (χ3v) is 6.51. The summed E-state index contributed by atoms with van der Waals surface area (Å²) in [7, 11) is 0. The molecule has 25 heavy (non-hydrogen) atoms. The van der Waals surface area contributed by atoms with Gasteiger partial charge in [0.05, 0.1) is 11.0 Å². The predicted molar refractivity (Wildman–Crippen MR) is 92.9 cm³/mol. The molecule has 5 heteroatoms. The van der Waals surface area contributed by atoms with E-state index in [0.717, 1.165) is 16.8 Å². The van der Waals surface area contributed by atoms with E-state index in [4.69, 9.17) is 0 Å². The van der Waals surface area contributed by atoms with E-state index in [1.54, 1.807) is 12.1 Å². The number of nitrogens with one attached hydrogen (secondary N) is 1. The standard InChI is InChI=1S/C20H19FN2O2/c21-14-5-3-11(4-6-14)20-19-13-2-1-12(9-13)18(19)16-10-15(23(24)25)7-8-17(16)22-20/h3-8,10,12-13,18-20,22H,1-2,9H2/t12-,13-,18+,19+,20-/m0/s1. The summed E-state index contributed by atoms with van der Waals surface area (Å²) in [6.07, 6.45) is 3.65. The molecule has 2 aromatic carbocycles. The molecule has 0 saturated heterocycles. The maximum absolute atomic E-state index is 13.3. The number of anilines is 1. The Morgan fingerprint density at radius 1 is 1.08 bits per heavy atom. The molecule has 2 bridgehead atoms. The Kier molecular flexibility index (Phi) is 3.14. The molecule has 2 aliphatic carbocycles. The van der Waals surface area contributed by atoms with Crippen molar-refractivity contribution < 1.29 is 9.31 Å². The molecular formula is C20H19FN2O2. The van der Waals surface area contributed by atoms with Gasteiger partial charge in [0.2, 0.25) is 0 Å². The minimum atomic E-state index is -0.311. The minimum Gasteiger partial charge on any atom is -0.378 e. The highest BCUT2D eigenvalue weighted by Crippen LogP contribution is 2.63. The number of rotatable bonds is 2. The van der Waals surface area contributed by atoms with Crippen LogP contribution in [0.5, 0.6) is 0 Å². The fraction of sp³-hybridized carbons (Fsp3) is 0.400. The van der Waals surface area contributed by atoms with Gasteiger partial charge in [-0.1, -0.05) is 12.1 Å². The number of hydrogen-bond acceptors (Lipinski definition) is 3. The van der Waals surface area contributed by atoms with Gasteiger partial charge in [-0.05, 0) is 72.3 Å². The number of nitro benzene ring substituents is 1. The molecule has 0 spiro atoms. The Bertz CT molecular complexity index is 851. The summed E-state index contributed by atoms with van der Waals surface area (Å²) >= 11 is 0. The average molecular weight is 338 g/mol. The van der Waals surface area contributed by atoms with Gasteiger partial charge in [0.15, 0.2) is 0 Å². The van der Waals surface area contributed by atoms with Crippen molar-refractivity contribution in [3.8, 4) is 0 Å². The van der Waals surface area contributed by atoms with Crippen molar-refractivity contribution in [1.29, 1.82) is 0 Å². The molecule has 3 aliphatic rings. The third kappa shape index (κ3) is 2.18. The smallest absolute Gasteiger partial charge is 0.269 e. The lowest BCUT2D eigenvalue weighted by Crippen LogP contribution is -2.35. The second-order valence-electron chi connectivity index (χ2n) is 7.64. The van der Waals surface area contributed by atoms with Gasteiger partial charge in [0.25, 0.3) is 5.69 Å². The Labute approximate surface area is 145 Å². The number of non-ortho nitro benzene ring substituents is 1. The summed E-state index contributed by atoms with van der Waals surface area (Å²) in [6, 6.07) is 12.1. The summed E-state index contributed by atoms with van der Waals surface area (Å²) in [5, 5.41) is 14.8. The molecule has 5 atom stereocenters. The zero-order valence-corrected chi connectivity index (χ0v) is 13.7. The van der Waals surface area contributed by atoms with Crippen LogP contribution < -0.4 is 5.32 Å². The minimum absolute atomic E-state index is 0.148. The van der Waals surface area contributed by atoms with E-state index in [2.05, 4.69) is 5.32 Å². The number of nitrogens with zero attached hydrogens (tertiary/aromatic N) is 1. The highest BCUT2D eigenvalue weighted by Gasteiger charge is 2.54. The monoisotopic (exact) mass is 338 g/mol. The van der Waals surface area contributed by atoms with E-state index in [1.807, 2.05) is 18.2 Å². The summed E-state index contributed by atoms with van der Waals surface area (Å²) in [5.41, 5.74) is 3.37. The second-order valence-corrected chi connectivity index (χ2v) is 7.64. The summed E-state index contributed by atoms with van der Waals surface area (Å²) < 4.78 is 13.3. The van der Waals surface area contributed by atoms with E-state index < -0.39 is 0 Å². The molecule has 0 amide bonds. The zero-order chi connectivity index (χ0) is 17.1. The van der Waals surface area contributed by atoms with Gasteiger partial charge >= 0.3 is 0 Å². The van der Waals surface area contributed by atoms with Crippen LogP contribution in [0.1, 0.15) is 42.3 Å². The van der Waals surface area contributed by atoms with Crippen LogP contribution >= 0.6 is 0 Å². The van der Waals surface area contributed by atoms with Gasteiger partial charge in [-0.15, -0.1) is 0 Å². The van der Waals surface area contributed by atoms with Crippen molar-refractivity contribution in [2.24, 2.45) is 17.8 Å². The van der Waals surface area contributed by atoms with Crippen LogP contribution in [-0.2, 0) is 0 Å². The molecule has 4 nitrogen and oxygen atoms in total. The van der Waals surface area contributed by atoms with Gasteiger partial charge in [-0.25, -0.2) is 4.39 Å². The Morgan fingerprint density at radius 2 is 1.84 bits per heavy atom. The first-order valence-corrected chi connectivity index (χ1v) is 8.92. The average Bonchev–Trinajstić information content (AvgIpc) is 3.23. The molecule has 0 unspecified atom stereocenters. The Morgan fingerprint density at radius 3 is 2.60 bits per heavy atom. The topological polar surface area (TPSA) is 55.2 Å². The van der Waals surface area contributed by atoms with Crippen molar-refractivity contribution in [2.45, 2.75) is 31.2 Å². The maximum atomic E-state index is 13.3. The highest BCUT2D eigenvalue weighted by atomic mass is 19.1. The van der Waals surface area contributed by atoms with Crippen LogP contribution in [0.2, 0.25) is 0 Å². The third-order valence-electron chi connectivity index (χ3n) is 6.51. The number of hydrogen-bond donors (Lipinski definition) is 1. The van der Waals surface area contributed by atoms with Crippen molar-refractivity contribution >= 4 is 11.4 Å². The largest absolute Gasteiger partial charge is 0.378 e. The van der Waals surface area contributed by atoms with E-state index in [0.29, 0.717) is 23.7 Å². The summed E-state index contributed by atoms with van der Waals surface area (Å²) in [6.45, 7) is 0. The van der Waals surface area contributed by atoms with Gasteiger partial charge in [0, 0.05) is 17.8 Å². The molecule has 2 fully saturated rings. The molecule has 128 valence electrons. The van der Waals surface area contributed by atoms with Crippen LogP contribution in [0.15, 0.2) is 42.5 Å². The van der Waals surface area contributed by atoms with Gasteiger partial charge in [-0.2, -0.15) is 0 Å². The zero-order valence-electron chi connectivity index (χ0n) is 13.7. The second kappa shape index (κ2) is 5.28. The number of fused-ring (bicyclic) bond motifs is 7. The van der Waals surface area contributed by atoms with Crippen LogP contribution in [0, 0.1) is 33.7 Å². The molecule has 1 heterocycles. The fourth-order valence-electron chi connectivity index (χ4n) is 5.59. The molecule has 2 aromatic rings. The maximum Gasteiger partial charge on any atom is 0.269 e. The highest BCUT2D eigenvalue weighted by molar-refractivity contribution is 5.62. The molecule has 2 saturated carbocycles. The first-order valence-electron chi connectivity index (χ1n) is 8.92. The van der Waals surface area contributed by atoms with E-state index >= 15 is 0 Å². The number of benzene rings is 2. The Hall–Kier alpha value is -2.43. The fourth-order valence-corrected chi connectivity index (χ4v) is 5.59. The lowest BCUT2D eigenvalue weighted by molar-refractivity contribution is -0.384. The number of nitro groups is 1. The van der Waals surface area contributed by atoms with Crippen molar-refractivity contribution in [1.82, 2.24) is 0 Å². The molecular weight excluding hydrogens is 319 g/mol. The molecule has 1 aliphatic heterocycles. The molecule has 1 N–H and O–H groups in total. The van der Waals surface area contributed by atoms with E-state index in [9.17, 15) is 14.5 Å². The first-order chi connectivity index (χ1) is 12.1. The van der Waals surface area contributed by atoms with Crippen LogP contribution in [0.4, 0.5) is 15.8 Å². The molecule has 5 rings (SSSR count). The molecule has 0 aromatic heterocycles. The number of halogens is 1. The SMILES string of the molecule is O=[N+]([O-])c1ccc2c(c1)[C@H]1[C@H]3CC[C@@H](C3)[C@H]1[C@H](c1ccc(F)cc1)N2. The van der Waals surface area contributed by atoms with E-state index in [1.165, 1.54) is 31.4 Å². The summed E-state index contributed by atoms with van der Waals surface area (Å²) in [5.74, 6) is 1.83. The summed E-state index contributed by atoms with van der Waals surface area (Å²) in [4.78, 5) is 10.9. The van der Waals surface area contributed by atoms with E-state index in [-0.39, 0.29) is 22.5 Å². The van der Waals surface area contributed by atoms with Crippen LogP contribution in [0.3, 0.4) is 0 Å². The van der Waals surface area contributed by atoms with Gasteiger partial charge in [-0.3, -0.25) is 10.1 Å². The molecule has 0 radical (unpaired) electrons. The van der Waals surface area contributed by atoms with Crippen LogP contribution in [0.25, 0.3) is 0 Å². The first kappa shape index (κ1) is 14.9. The van der Waals surface area contributed by atoms with Crippen molar-refractivity contribution in [2.75, 3.05) is 5.32 Å². The van der Waals surface area contributed by atoms with Crippen molar-refractivity contribution in [3.05, 3.63) is 69.5 Å². The van der Waals surface area contributed by atoms with Gasteiger partial charge in [0.1, 0.15) is 5.82 Å². The lowest BCUT2D eigenvalue weighted by atomic mass is 9.68. The van der Waals surface area contributed by atoms with Gasteiger partial charge < -0.3 is 5.32 Å².